The standard InChI is InChI=1S/C20H23NO2/c22-20(16-23-19-14-8-3-9-15-19)21(17-10-4-1-5-11-17)18-12-6-2-7-13-18/h1,3-5,8-11,14-15,18H,2,6-7,12-13,16H2. The second-order valence-electron chi connectivity index (χ2n) is 5.99. The van der Waals surface area contributed by atoms with Gasteiger partial charge in [0, 0.05) is 11.7 Å². The number of benzene rings is 2. The van der Waals surface area contributed by atoms with Crippen LogP contribution in [0.2, 0.25) is 0 Å². The fourth-order valence-corrected chi connectivity index (χ4v) is 3.22. The lowest BCUT2D eigenvalue weighted by Crippen LogP contribution is -2.44. The molecule has 2 aromatic rings. The SMILES string of the molecule is O=C(COc1ccccc1)N(c1ccccc1)C1CCCCC1. The predicted octanol–water partition coefficient (Wildman–Crippen LogP) is 4.43. The van der Waals surface area contributed by atoms with Crippen molar-refractivity contribution in [1.82, 2.24) is 0 Å². The minimum absolute atomic E-state index is 0.0342. The molecule has 0 unspecified atom stereocenters. The molecule has 3 heteroatoms. The number of hydrogen-bond donors (Lipinski definition) is 0. The van der Waals surface area contributed by atoms with Gasteiger partial charge in [0.05, 0.1) is 0 Å². The lowest BCUT2D eigenvalue weighted by Gasteiger charge is -2.34. The zero-order valence-corrected chi connectivity index (χ0v) is 13.4. The average molecular weight is 309 g/mol. The van der Waals surface area contributed by atoms with Gasteiger partial charge < -0.3 is 9.64 Å². The Kier molecular flexibility index (Phi) is 5.30. The first-order chi connectivity index (χ1) is 11.3. The van der Waals surface area contributed by atoms with Crippen molar-refractivity contribution in [1.29, 1.82) is 0 Å². The summed E-state index contributed by atoms with van der Waals surface area (Å²) in [6.45, 7) is 0.0788. The van der Waals surface area contributed by atoms with Crippen LogP contribution in [0.25, 0.3) is 0 Å². The molecule has 1 aliphatic carbocycles. The molecule has 1 amide bonds. The highest BCUT2D eigenvalue weighted by Gasteiger charge is 2.26. The third kappa shape index (κ3) is 4.13. The van der Waals surface area contributed by atoms with E-state index >= 15 is 0 Å². The normalized spacial score (nSPS) is 15.1. The number of carbonyl (C=O) groups is 1. The van der Waals surface area contributed by atoms with Crippen LogP contribution in [-0.4, -0.2) is 18.6 Å². The molecule has 0 bridgehead atoms. The summed E-state index contributed by atoms with van der Waals surface area (Å²) in [7, 11) is 0. The number of anilines is 1. The van der Waals surface area contributed by atoms with E-state index in [0.717, 1.165) is 24.3 Å². The summed E-state index contributed by atoms with van der Waals surface area (Å²) in [5, 5.41) is 0. The zero-order valence-electron chi connectivity index (χ0n) is 13.4. The molecule has 3 nitrogen and oxygen atoms in total. The van der Waals surface area contributed by atoms with Crippen LogP contribution in [0.15, 0.2) is 60.7 Å². The van der Waals surface area contributed by atoms with Gasteiger partial charge in [0.15, 0.2) is 6.61 Å². The number of nitrogens with zero attached hydrogens (tertiary/aromatic N) is 1. The number of ether oxygens (including phenoxy) is 1. The van der Waals surface area contributed by atoms with E-state index in [-0.39, 0.29) is 18.6 Å². The minimum Gasteiger partial charge on any atom is -0.484 e. The summed E-state index contributed by atoms with van der Waals surface area (Å²) in [6, 6.07) is 19.8. The van der Waals surface area contributed by atoms with Crippen molar-refractivity contribution in [2.24, 2.45) is 0 Å². The Labute approximate surface area is 137 Å². The van der Waals surface area contributed by atoms with Crippen LogP contribution in [0, 0.1) is 0 Å². The maximum Gasteiger partial charge on any atom is 0.265 e. The van der Waals surface area contributed by atoms with Gasteiger partial charge in [-0.2, -0.15) is 0 Å². The van der Waals surface area contributed by atoms with Crippen molar-refractivity contribution in [3.63, 3.8) is 0 Å². The molecule has 0 atom stereocenters. The molecule has 0 aliphatic heterocycles. The number of carbonyl (C=O) groups excluding carboxylic acids is 1. The summed E-state index contributed by atoms with van der Waals surface area (Å²) in [5.41, 5.74) is 0.973. The molecule has 0 aromatic heterocycles. The van der Waals surface area contributed by atoms with Crippen LogP contribution in [0.4, 0.5) is 5.69 Å². The summed E-state index contributed by atoms with van der Waals surface area (Å²) in [4.78, 5) is 14.8. The molecule has 0 radical (unpaired) electrons. The minimum atomic E-state index is 0.0342. The topological polar surface area (TPSA) is 29.5 Å². The van der Waals surface area contributed by atoms with Crippen molar-refractivity contribution < 1.29 is 9.53 Å². The first kappa shape index (κ1) is 15.6. The van der Waals surface area contributed by atoms with E-state index in [2.05, 4.69) is 0 Å². The van der Waals surface area contributed by atoms with Gasteiger partial charge in [-0.1, -0.05) is 55.7 Å². The molecule has 1 aliphatic rings. The maximum absolute atomic E-state index is 12.8. The smallest absolute Gasteiger partial charge is 0.265 e. The number of para-hydroxylation sites is 2. The van der Waals surface area contributed by atoms with Crippen LogP contribution >= 0.6 is 0 Å². The van der Waals surface area contributed by atoms with E-state index in [0.29, 0.717) is 0 Å². The van der Waals surface area contributed by atoms with Gasteiger partial charge in [0.2, 0.25) is 0 Å². The Bertz CT molecular complexity index is 606. The molecular formula is C20H23NO2. The Morgan fingerprint density at radius 3 is 2.17 bits per heavy atom. The van der Waals surface area contributed by atoms with Crippen LogP contribution in [0.5, 0.6) is 5.75 Å². The van der Waals surface area contributed by atoms with E-state index in [1.54, 1.807) is 0 Å². The number of hydrogen-bond acceptors (Lipinski definition) is 2. The van der Waals surface area contributed by atoms with Crippen molar-refractivity contribution in [2.75, 3.05) is 11.5 Å². The van der Waals surface area contributed by atoms with Crippen molar-refractivity contribution >= 4 is 11.6 Å². The van der Waals surface area contributed by atoms with Gasteiger partial charge in [0.25, 0.3) is 5.91 Å². The summed E-state index contributed by atoms with van der Waals surface area (Å²) in [6.07, 6.45) is 5.81. The van der Waals surface area contributed by atoms with E-state index in [9.17, 15) is 4.79 Å². The third-order valence-corrected chi connectivity index (χ3v) is 4.35. The lowest BCUT2D eigenvalue weighted by atomic mass is 9.93. The van der Waals surface area contributed by atoms with Crippen LogP contribution < -0.4 is 9.64 Å². The van der Waals surface area contributed by atoms with Crippen LogP contribution in [-0.2, 0) is 4.79 Å². The highest BCUT2D eigenvalue weighted by Crippen LogP contribution is 2.27. The summed E-state index contributed by atoms with van der Waals surface area (Å²) in [5.74, 6) is 0.768. The second kappa shape index (κ2) is 7.82. The second-order valence-corrected chi connectivity index (χ2v) is 5.99. The summed E-state index contributed by atoms with van der Waals surface area (Å²) < 4.78 is 5.67. The van der Waals surface area contributed by atoms with Crippen molar-refractivity contribution in [2.45, 2.75) is 38.1 Å². The van der Waals surface area contributed by atoms with Crippen LogP contribution in [0.3, 0.4) is 0 Å². The van der Waals surface area contributed by atoms with E-state index in [1.807, 2.05) is 65.6 Å². The number of rotatable bonds is 5. The summed E-state index contributed by atoms with van der Waals surface area (Å²) >= 11 is 0. The average Bonchev–Trinajstić information content (AvgIpc) is 2.63. The maximum atomic E-state index is 12.8. The Hall–Kier alpha value is -2.29. The first-order valence-corrected chi connectivity index (χ1v) is 8.39. The molecule has 120 valence electrons. The largest absolute Gasteiger partial charge is 0.484 e. The molecule has 1 saturated carbocycles. The molecule has 23 heavy (non-hydrogen) atoms. The Morgan fingerprint density at radius 1 is 0.913 bits per heavy atom. The van der Waals surface area contributed by atoms with Gasteiger partial charge >= 0.3 is 0 Å². The molecular weight excluding hydrogens is 286 g/mol. The Balaban J connectivity index is 1.73. The highest BCUT2D eigenvalue weighted by molar-refractivity contribution is 5.95. The van der Waals surface area contributed by atoms with Gasteiger partial charge in [-0.15, -0.1) is 0 Å². The van der Waals surface area contributed by atoms with E-state index < -0.39 is 0 Å². The highest BCUT2D eigenvalue weighted by atomic mass is 16.5. The Morgan fingerprint density at radius 2 is 1.52 bits per heavy atom. The lowest BCUT2D eigenvalue weighted by molar-refractivity contribution is -0.121. The fourth-order valence-electron chi connectivity index (χ4n) is 3.22. The monoisotopic (exact) mass is 309 g/mol. The van der Waals surface area contributed by atoms with Crippen LogP contribution in [0.1, 0.15) is 32.1 Å². The number of amides is 1. The van der Waals surface area contributed by atoms with Crippen molar-refractivity contribution in [3.8, 4) is 5.75 Å². The molecule has 1 fully saturated rings. The van der Waals surface area contributed by atoms with Gasteiger partial charge in [0.1, 0.15) is 5.75 Å². The van der Waals surface area contributed by atoms with Crippen molar-refractivity contribution in [3.05, 3.63) is 60.7 Å². The molecule has 0 saturated heterocycles. The quantitative estimate of drug-likeness (QED) is 0.817. The molecule has 0 spiro atoms. The molecule has 0 N–H and O–H groups in total. The molecule has 2 aromatic carbocycles. The van der Waals surface area contributed by atoms with E-state index in [4.69, 9.17) is 4.74 Å². The predicted molar refractivity (Wildman–Crippen MR) is 92.7 cm³/mol. The fraction of sp³-hybridized carbons (Fsp3) is 0.350. The van der Waals surface area contributed by atoms with Gasteiger partial charge in [-0.25, -0.2) is 0 Å². The third-order valence-electron chi connectivity index (χ3n) is 4.35. The molecule has 3 rings (SSSR count). The van der Waals surface area contributed by atoms with Gasteiger partial charge in [-0.3, -0.25) is 4.79 Å². The van der Waals surface area contributed by atoms with E-state index in [1.165, 1.54) is 19.3 Å². The van der Waals surface area contributed by atoms with Gasteiger partial charge in [-0.05, 0) is 37.1 Å². The first-order valence-electron chi connectivity index (χ1n) is 8.39. The zero-order chi connectivity index (χ0) is 15.9. The molecule has 0 heterocycles.